The van der Waals surface area contributed by atoms with E-state index in [0.717, 1.165) is 25.8 Å². The molecule has 4 heteroatoms. The topological polar surface area (TPSA) is 34.0 Å². The van der Waals surface area contributed by atoms with Gasteiger partial charge < -0.3 is 9.88 Å². The first-order valence-electron chi connectivity index (χ1n) is 8.78. The molecule has 1 amide bonds. The number of hydrogen-bond donors (Lipinski definition) is 1. The van der Waals surface area contributed by atoms with Gasteiger partial charge in [-0.3, -0.25) is 4.79 Å². The molecule has 23 heavy (non-hydrogen) atoms. The summed E-state index contributed by atoms with van der Waals surface area (Å²) in [5.41, 5.74) is 1.27. The second-order valence-corrected chi connectivity index (χ2v) is 7.41. The van der Waals surface area contributed by atoms with Crippen molar-refractivity contribution in [3.8, 4) is 0 Å². The summed E-state index contributed by atoms with van der Waals surface area (Å²) in [5, 5.41) is 4.46. The van der Waals surface area contributed by atoms with Crippen molar-refractivity contribution in [1.29, 1.82) is 0 Å². The number of nitrogens with zero attached hydrogens (tertiary/aromatic N) is 1. The van der Waals surface area contributed by atoms with Crippen LogP contribution in [0.25, 0.3) is 10.9 Å². The van der Waals surface area contributed by atoms with E-state index in [9.17, 15) is 4.79 Å². The number of fused-ring (bicyclic) bond motifs is 1. The summed E-state index contributed by atoms with van der Waals surface area (Å²) in [7, 11) is 0. The summed E-state index contributed by atoms with van der Waals surface area (Å²) in [4.78, 5) is 13.4. The molecule has 0 unspecified atom stereocenters. The Hall–Kier alpha value is -1.42. The van der Waals surface area contributed by atoms with Crippen LogP contribution in [0.1, 0.15) is 45.4 Å². The average molecular weight is 330 g/mol. The predicted octanol–water partition coefficient (Wildman–Crippen LogP) is 4.59. The van der Waals surface area contributed by atoms with Crippen molar-refractivity contribution >= 4 is 28.6 Å². The molecule has 1 aromatic carbocycles. The summed E-state index contributed by atoms with van der Waals surface area (Å²) in [6, 6.07) is 8.88. The van der Waals surface area contributed by atoms with E-state index in [1.54, 1.807) is 11.8 Å². The molecule has 1 N–H and O–H groups in total. The smallest absolute Gasteiger partial charge is 0.230 e. The standard InChI is InChI=1S/C19H26N2OS/c1-2-12-21-13-18(16-10-6-7-11-17(16)21)23-14-19(22)20-15-8-4-3-5-9-15/h6-7,10-11,13,15H,2-5,8-9,12,14H2,1H3,(H,20,22). The Balaban J connectivity index is 1.63. The third-order valence-corrected chi connectivity index (χ3v) is 5.59. The maximum Gasteiger partial charge on any atom is 0.230 e. The van der Waals surface area contributed by atoms with Crippen LogP contribution in [0.4, 0.5) is 0 Å². The zero-order chi connectivity index (χ0) is 16.1. The van der Waals surface area contributed by atoms with Crippen LogP contribution in [-0.4, -0.2) is 22.3 Å². The molecule has 3 rings (SSSR count). The normalized spacial score (nSPS) is 15.9. The molecule has 3 nitrogen and oxygen atoms in total. The largest absolute Gasteiger partial charge is 0.353 e. The van der Waals surface area contributed by atoms with Crippen molar-refractivity contribution in [3.63, 3.8) is 0 Å². The number of thioether (sulfide) groups is 1. The number of carbonyl (C=O) groups is 1. The molecule has 0 bridgehead atoms. The molecule has 1 saturated carbocycles. The van der Waals surface area contributed by atoms with Crippen molar-refractivity contribution in [2.75, 3.05) is 5.75 Å². The molecule has 1 fully saturated rings. The highest BCUT2D eigenvalue weighted by Crippen LogP contribution is 2.30. The van der Waals surface area contributed by atoms with E-state index in [0.29, 0.717) is 11.8 Å². The number of carbonyl (C=O) groups excluding carboxylic acids is 1. The molecular weight excluding hydrogens is 304 g/mol. The van der Waals surface area contributed by atoms with Gasteiger partial charge in [-0.05, 0) is 25.3 Å². The zero-order valence-corrected chi connectivity index (χ0v) is 14.7. The third-order valence-electron chi connectivity index (χ3n) is 4.55. The molecule has 0 spiro atoms. The highest BCUT2D eigenvalue weighted by Gasteiger charge is 2.16. The van der Waals surface area contributed by atoms with Gasteiger partial charge in [0.1, 0.15) is 0 Å². The third kappa shape index (κ3) is 4.11. The maximum atomic E-state index is 12.2. The minimum absolute atomic E-state index is 0.175. The zero-order valence-electron chi connectivity index (χ0n) is 13.9. The van der Waals surface area contributed by atoms with Gasteiger partial charge in [-0.2, -0.15) is 0 Å². The van der Waals surface area contributed by atoms with Crippen LogP contribution in [0.15, 0.2) is 35.4 Å². The van der Waals surface area contributed by atoms with E-state index < -0.39 is 0 Å². The van der Waals surface area contributed by atoms with Gasteiger partial charge in [0.05, 0.1) is 5.75 Å². The lowest BCUT2D eigenvalue weighted by Crippen LogP contribution is -2.37. The molecule has 0 radical (unpaired) electrons. The Morgan fingerprint density at radius 1 is 1.26 bits per heavy atom. The van der Waals surface area contributed by atoms with Crippen LogP contribution >= 0.6 is 11.8 Å². The van der Waals surface area contributed by atoms with Crippen LogP contribution in [0.3, 0.4) is 0 Å². The number of rotatable bonds is 6. The lowest BCUT2D eigenvalue weighted by molar-refractivity contribution is -0.119. The quantitative estimate of drug-likeness (QED) is 0.786. The number of aryl methyl sites for hydroxylation is 1. The molecule has 1 heterocycles. The van der Waals surface area contributed by atoms with E-state index >= 15 is 0 Å². The number of benzene rings is 1. The molecular formula is C19H26N2OS. The Kier molecular flexibility index (Phi) is 5.65. The van der Waals surface area contributed by atoms with Crippen LogP contribution in [0, 0.1) is 0 Å². The van der Waals surface area contributed by atoms with Gasteiger partial charge in [0.2, 0.25) is 5.91 Å². The first-order chi connectivity index (χ1) is 11.3. The van der Waals surface area contributed by atoms with Crippen LogP contribution in [-0.2, 0) is 11.3 Å². The minimum atomic E-state index is 0.175. The second kappa shape index (κ2) is 7.91. The summed E-state index contributed by atoms with van der Waals surface area (Å²) < 4.78 is 2.30. The molecule has 1 aliphatic carbocycles. The summed E-state index contributed by atoms with van der Waals surface area (Å²) in [6.07, 6.45) is 9.43. The highest BCUT2D eigenvalue weighted by molar-refractivity contribution is 8.00. The van der Waals surface area contributed by atoms with E-state index in [4.69, 9.17) is 0 Å². The fourth-order valence-corrected chi connectivity index (χ4v) is 4.31. The second-order valence-electron chi connectivity index (χ2n) is 6.40. The minimum Gasteiger partial charge on any atom is -0.353 e. The molecule has 124 valence electrons. The van der Waals surface area contributed by atoms with Gasteiger partial charge in [-0.25, -0.2) is 0 Å². The average Bonchev–Trinajstić information content (AvgIpc) is 2.93. The first kappa shape index (κ1) is 16.4. The first-order valence-corrected chi connectivity index (χ1v) is 9.76. The Labute approximate surface area is 142 Å². The van der Waals surface area contributed by atoms with Gasteiger partial charge in [-0.1, -0.05) is 44.4 Å². The van der Waals surface area contributed by atoms with Gasteiger partial charge in [0.25, 0.3) is 0 Å². The summed E-state index contributed by atoms with van der Waals surface area (Å²) >= 11 is 1.66. The molecule has 0 saturated heterocycles. The summed E-state index contributed by atoms with van der Waals surface area (Å²) in [5.74, 6) is 0.686. The van der Waals surface area contributed by atoms with Crippen LogP contribution in [0.2, 0.25) is 0 Å². The highest BCUT2D eigenvalue weighted by atomic mass is 32.2. The Bertz CT molecular complexity index is 658. The van der Waals surface area contributed by atoms with Crippen molar-refractivity contribution in [3.05, 3.63) is 30.5 Å². The molecule has 0 atom stereocenters. The van der Waals surface area contributed by atoms with E-state index in [2.05, 4.69) is 47.3 Å². The van der Waals surface area contributed by atoms with Crippen molar-refractivity contribution in [2.45, 2.75) is 62.9 Å². The molecule has 1 aliphatic rings. The number of amides is 1. The van der Waals surface area contributed by atoms with Gasteiger partial charge in [-0.15, -0.1) is 11.8 Å². The van der Waals surface area contributed by atoms with Crippen molar-refractivity contribution in [1.82, 2.24) is 9.88 Å². The SMILES string of the molecule is CCCn1cc(SCC(=O)NC2CCCCC2)c2ccccc21. The van der Waals surface area contributed by atoms with Crippen LogP contribution in [0.5, 0.6) is 0 Å². The molecule has 2 aromatic rings. The number of nitrogens with one attached hydrogen (secondary N) is 1. The fraction of sp³-hybridized carbons (Fsp3) is 0.526. The van der Waals surface area contributed by atoms with Gasteiger partial charge in [0.15, 0.2) is 0 Å². The monoisotopic (exact) mass is 330 g/mol. The molecule has 1 aromatic heterocycles. The van der Waals surface area contributed by atoms with Crippen molar-refractivity contribution in [2.24, 2.45) is 0 Å². The lowest BCUT2D eigenvalue weighted by Gasteiger charge is -2.22. The van der Waals surface area contributed by atoms with E-state index in [-0.39, 0.29) is 5.91 Å². The van der Waals surface area contributed by atoms with Crippen LogP contribution < -0.4 is 5.32 Å². The lowest BCUT2D eigenvalue weighted by atomic mass is 9.95. The fourth-order valence-electron chi connectivity index (χ4n) is 3.41. The molecule has 0 aliphatic heterocycles. The maximum absolute atomic E-state index is 12.2. The van der Waals surface area contributed by atoms with Gasteiger partial charge >= 0.3 is 0 Å². The summed E-state index contributed by atoms with van der Waals surface area (Å²) in [6.45, 7) is 3.22. The number of hydrogen-bond acceptors (Lipinski definition) is 2. The predicted molar refractivity (Wildman–Crippen MR) is 98.0 cm³/mol. The van der Waals surface area contributed by atoms with E-state index in [1.807, 2.05) is 0 Å². The number of para-hydroxylation sites is 1. The Morgan fingerprint density at radius 2 is 2.04 bits per heavy atom. The Morgan fingerprint density at radius 3 is 2.83 bits per heavy atom. The number of aromatic nitrogens is 1. The van der Waals surface area contributed by atoms with E-state index in [1.165, 1.54) is 35.1 Å². The van der Waals surface area contributed by atoms with Crippen molar-refractivity contribution < 1.29 is 4.79 Å². The van der Waals surface area contributed by atoms with Gasteiger partial charge in [0, 0.05) is 34.6 Å².